The maximum absolute atomic E-state index is 13.3. The van der Waals surface area contributed by atoms with Crippen molar-refractivity contribution >= 4 is 17.0 Å². The van der Waals surface area contributed by atoms with E-state index in [4.69, 9.17) is 14.2 Å². The van der Waals surface area contributed by atoms with Crippen LogP contribution >= 0.6 is 0 Å². The third kappa shape index (κ3) is 6.72. The standard InChI is InChI=1S/C31H39N3O5/c1-31(2,3)39-30(36)34(21-23-8-12-27-28(19-23)38-18-17-37-27)25-10-6-22(7-11-25)5-4-16-33-26-20-32-15-14-24(26)9-13-29(33)35/h8-9,12-15,19-20,22,25H,4-7,10-11,16-18,21H2,1-3H3. The van der Waals surface area contributed by atoms with Gasteiger partial charge in [0.25, 0.3) is 5.56 Å². The first-order chi connectivity index (χ1) is 18.8. The molecular weight excluding hydrogens is 494 g/mol. The highest BCUT2D eigenvalue weighted by Gasteiger charge is 2.32. The summed E-state index contributed by atoms with van der Waals surface area (Å²) < 4.78 is 19.1. The quantitative estimate of drug-likeness (QED) is 0.374. The molecule has 1 aliphatic heterocycles. The number of benzene rings is 1. The second-order valence-corrected chi connectivity index (χ2v) is 11.7. The highest BCUT2D eigenvalue weighted by molar-refractivity contribution is 5.77. The first kappa shape index (κ1) is 27.0. The topological polar surface area (TPSA) is 82.9 Å². The fourth-order valence-corrected chi connectivity index (χ4v) is 5.69. The van der Waals surface area contributed by atoms with Crippen molar-refractivity contribution in [1.29, 1.82) is 0 Å². The van der Waals surface area contributed by atoms with Crippen molar-refractivity contribution in [3.63, 3.8) is 0 Å². The number of nitrogens with zero attached hydrogens (tertiary/aromatic N) is 3. The van der Waals surface area contributed by atoms with Crippen molar-refractivity contribution in [2.75, 3.05) is 13.2 Å². The summed E-state index contributed by atoms with van der Waals surface area (Å²) in [6.45, 7) is 7.96. The summed E-state index contributed by atoms with van der Waals surface area (Å²) in [6, 6.07) is 11.5. The highest BCUT2D eigenvalue weighted by atomic mass is 16.6. The lowest BCUT2D eigenvalue weighted by Crippen LogP contribution is -2.44. The lowest BCUT2D eigenvalue weighted by Gasteiger charge is -2.38. The van der Waals surface area contributed by atoms with Gasteiger partial charge in [-0.15, -0.1) is 0 Å². The van der Waals surface area contributed by atoms with Gasteiger partial charge in [-0.3, -0.25) is 9.78 Å². The smallest absolute Gasteiger partial charge is 0.410 e. The van der Waals surface area contributed by atoms with Crippen molar-refractivity contribution < 1.29 is 19.0 Å². The zero-order chi connectivity index (χ0) is 27.4. The largest absolute Gasteiger partial charge is 0.486 e. The summed E-state index contributed by atoms with van der Waals surface area (Å²) in [7, 11) is 0. The Morgan fingerprint density at radius 2 is 1.82 bits per heavy atom. The Hall–Kier alpha value is -3.55. The van der Waals surface area contributed by atoms with Gasteiger partial charge in [-0.1, -0.05) is 6.07 Å². The Labute approximate surface area is 229 Å². The Balaban J connectivity index is 1.20. The van der Waals surface area contributed by atoms with Gasteiger partial charge in [-0.05, 0) is 95.0 Å². The number of rotatable bonds is 7. The molecule has 208 valence electrons. The minimum atomic E-state index is -0.561. The summed E-state index contributed by atoms with van der Waals surface area (Å²) in [5.74, 6) is 2.06. The van der Waals surface area contributed by atoms with Gasteiger partial charge in [0.1, 0.15) is 18.8 Å². The van der Waals surface area contributed by atoms with E-state index in [1.165, 1.54) is 0 Å². The summed E-state index contributed by atoms with van der Waals surface area (Å²) in [5, 5.41) is 1.03. The van der Waals surface area contributed by atoms with Crippen LogP contribution in [-0.4, -0.2) is 45.4 Å². The maximum atomic E-state index is 13.3. The van der Waals surface area contributed by atoms with Crippen molar-refractivity contribution in [1.82, 2.24) is 14.5 Å². The third-order valence-corrected chi connectivity index (χ3v) is 7.63. The molecule has 8 nitrogen and oxygen atoms in total. The van der Waals surface area contributed by atoms with Crippen LogP contribution in [0.25, 0.3) is 10.9 Å². The molecule has 3 heterocycles. The lowest BCUT2D eigenvalue weighted by molar-refractivity contribution is 0.00772. The molecule has 0 spiro atoms. The number of aromatic nitrogens is 2. The van der Waals surface area contributed by atoms with E-state index in [1.807, 2.05) is 60.6 Å². The van der Waals surface area contributed by atoms with Gasteiger partial charge >= 0.3 is 6.09 Å². The van der Waals surface area contributed by atoms with E-state index in [0.717, 1.165) is 66.5 Å². The van der Waals surface area contributed by atoms with Crippen molar-refractivity contribution in [3.8, 4) is 11.5 Å². The predicted molar refractivity (Wildman–Crippen MR) is 150 cm³/mol. The van der Waals surface area contributed by atoms with E-state index in [9.17, 15) is 9.59 Å². The van der Waals surface area contributed by atoms with Crippen molar-refractivity contribution in [3.05, 3.63) is 64.7 Å². The normalized spacial score (nSPS) is 19.1. The maximum Gasteiger partial charge on any atom is 0.410 e. The second-order valence-electron chi connectivity index (χ2n) is 11.7. The molecular formula is C31H39N3O5. The fourth-order valence-electron chi connectivity index (χ4n) is 5.69. The molecule has 8 heteroatoms. The first-order valence-electron chi connectivity index (χ1n) is 14.1. The summed E-state index contributed by atoms with van der Waals surface area (Å²) in [5.41, 5.74) is 1.35. The predicted octanol–water partition coefficient (Wildman–Crippen LogP) is 5.94. The van der Waals surface area contributed by atoms with Crippen LogP contribution in [0.15, 0.2) is 53.6 Å². The molecule has 0 radical (unpaired) electrons. The Morgan fingerprint density at radius 1 is 1.05 bits per heavy atom. The van der Waals surface area contributed by atoms with Gasteiger partial charge < -0.3 is 23.7 Å². The van der Waals surface area contributed by atoms with Gasteiger partial charge in [-0.25, -0.2) is 4.79 Å². The van der Waals surface area contributed by atoms with Crippen LogP contribution in [0.4, 0.5) is 4.79 Å². The molecule has 1 saturated carbocycles. The molecule has 39 heavy (non-hydrogen) atoms. The van der Waals surface area contributed by atoms with Crippen LogP contribution in [0.5, 0.6) is 11.5 Å². The monoisotopic (exact) mass is 533 g/mol. The van der Waals surface area contributed by atoms with Crippen molar-refractivity contribution in [2.24, 2.45) is 5.92 Å². The van der Waals surface area contributed by atoms with E-state index in [1.54, 1.807) is 18.5 Å². The molecule has 2 aliphatic rings. The van der Waals surface area contributed by atoms with Crippen LogP contribution in [0.2, 0.25) is 0 Å². The molecule has 2 aromatic heterocycles. The van der Waals surface area contributed by atoms with Gasteiger partial charge in [0, 0.05) is 36.8 Å². The van der Waals surface area contributed by atoms with Crippen molar-refractivity contribution in [2.45, 2.75) is 84.0 Å². The number of fused-ring (bicyclic) bond motifs is 2. The number of amides is 1. The van der Waals surface area contributed by atoms with E-state index < -0.39 is 5.60 Å². The van der Waals surface area contributed by atoms with E-state index in [0.29, 0.717) is 32.2 Å². The zero-order valence-electron chi connectivity index (χ0n) is 23.2. The zero-order valence-corrected chi connectivity index (χ0v) is 23.2. The number of pyridine rings is 2. The fraction of sp³-hybridized carbons (Fsp3) is 0.516. The molecule has 5 rings (SSSR count). The molecule has 3 aromatic rings. The molecule has 1 aromatic carbocycles. The Morgan fingerprint density at radius 3 is 2.59 bits per heavy atom. The van der Waals surface area contributed by atoms with Crippen LogP contribution in [0.3, 0.4) is 0 Å². The summed E-state index contributed by atoms with van der Waals surface area (Å²) in [4.78, 5) is 31.9. The average Bonchev–Trinajstić information content (AvgIpc) is 2.92. The average molecular weight is 534 g/mol. The molecule has 0 atom stereocenters. The minimum absolute atomic E-state index is 0.0198. The number of ether oxygens (including phenoxy) is 3. The van der Waals surface area contributed by atoms with E-state index >= 15 is 0 Å². The van der Waals surface area contributed by atoms with Crippen LogP contribution in [0.1, 0.15) is 64.9 Å². The molecule has 1 fully saturated rings. The Bertz CT molecular complexity index is 1350. The van der Waals surface area contributed by atoms with E-state index in [-0.39, 0.29) is 17.7 Å². The summed E-state index contributed by atoms with van der Waals surface area (Å²) in [6.07, 6.45) is 9.23. The number of aryl methyl sites for hydroxylation is 1. The molecule has 0 N–H and O–H groups in total. The van der Waals surface area contributed by atoms with Gasteiger partial charge in [0.05, 0.1) is 11.7 Å². The molecule has 0 saturated heterocycles. The summed E-state index contributed by atoms with van der Waals surface area (Å²) >= 11 is 0. The van der Waals surface area contributed by atoms with Crippen LogP contribution in [0, 0.1) is 5.92 Å². The van der Waals surface area contributed by atoms with Gasteiger partial charge in [0.15, 0.2) is 11.5 Å². The van der Waals surface area contributed by atoms with E-state index in [2.05, 4.69) is 4.98 Å². The number of hydrogen-bond acceptors (Lipinski definition) is 6. The number of carbonyl (C=O) groups is 1. The number of hydrogen-bond donors (Lipinski definition) is 0. The van der Waals surface area contributed by atoms with Gasteiger partial charge in [-0.2, -0.15) is 0 Å². The number of carbonyl (C=O) groups excluding carboxylic acids is 1. The SMILES string of the molecule is CC(C)(C)OC(=O)N(Cc1ccc2c(c1)OCCO2)C1CCC(CCCn2c(=O)ccc3ccncc32)CC1. The minimum Gasteiger partial charge on any atom is -0.486 e. The van der Waals surface area contributed by atoms with Gasteiger partial charge in [0.2, 0.25) is 0 Å². The molecule has 1 aliphatic carbocycles. The second kappa shape index (κ2) is 11.7. The van der Waals surface area contributed by atoms with Crippen LogP contribution in [-0.2, 0) is 17.8 Å². The third-order valence-electron chi connectivity index (χ3n) is 7.63. The first-order valence-corrected chi connectivity index (χ1v) is 14.1. The Kier molecular flexibility index (Phi) is 8.10. The molecule has 1 amide bonds. The molecule has 0 bridgehead atoms. The molecule has 0 unspecified atom stereocenters. The highest BCUT2D eigenvalue weighted by Crippen LogP contribution is 2.34. The lowest BCUT2D eigenvalue weighted by atomic mass is 9.82. The van der Waals surface area contributed by atoms with Crippen LogP contribution < -0.4 is 15.0 Å².